The molecule has 1 aromatic carbocycles. The third kappa shape index (κ3) is 1.36. The van der Waals surface area contributed by atoms with Crippen LogP contribution in [0, 0.1) is 0 Å². The molecule has 3 rings (SSSR count). The van der Waals surface area contributed by atoms with E-state index in [9.17, 15) is 0 Å². The Hall–Kier alpha value is -1.61. The van der Waals surface area contributed by atoms with Crippen molar-refractivity contribution in [2.45, 2.75) is 13.1 Å². The van der Waals surface area contributed by atoms with Gasteiger partial charge in [0, 0.05) is 37.5 Å². The number of nitrogens with zero attached hydrogens (tertiary/aromatic N) is 2. The number of aromatic nitrogens is 2. The van der Waals surface area contributed by atoms with Crippen LogP contribution in [0.15, 0.2) is 30.5 Å². The Morgan fingerprint density at radius 3 is 2.93 bits per heavy atom. The third-order valence-electron chi connectivity index (χ3n) is 2.81. The van der Waals surface area contributed by atoms with Crippen molar-refractivity contribution in [3.63, 3.8) is 0 Å². The summed E-state index contributed by atoms with van der Waals surface area (Å²) in [4.78, 5) is 0. The Morgan fingerprint density at radius 1 is 1.20 bits per heavy atom. The zero-order valence-electron chi connectivity index (χ0n) is 8.70. The van der Waals surface area contributed by atoms with Crippen LogP contribution in [0.5, 0.6) is 0 Å². The molecule has 3 heteroatoms. The van der Waals surface area contributed by atoms with Gasteiger partial charge in [0.15, 0.2) is 0 Å². The van der Waals surface area contributed by atoms with E-state index in [1.807, 2.05) is 11.7 Å². The minimum Gasteiger partial charge on any atom is -0.308 e. The number of hydrogen-bond donors (Lipinski definition) is 1. The van der Waals surface area contributed by atoms with Crippen LogP contribution in [0.4, 0.5) is 0 Å². The van der Waals surface area contributed by atoms with Crippen molar-refractivity contribution in [2.75, 3.05) is 0 Å². The maximum atomic E-state index is 4.53. The first-order valence-corrected chi connectivity index (χ1v) is 5.16. The number of hydrogen-bond acceptors (Lipinski definition) is 2. The van der Waals surface area contributed by atoms with Crippen LogP contribution >= 0.6 is 0 Å². The number of nitrogens with one attached hydrogen (secondary N) is 1. The second kappa shape index (κ2) is 3.21. The highest BCUT2D eigenvalue weighted by Gasteiger charge is 2.16. The van der Waals surface area contributed by atoms with Gasteiger partial charge in [0.05, 0.1) is 5.69 Å². The molecule has 2 heterocycles. The molecule has 0 amide bonds. The van der Waals surface area contributed by atoms with Gasteiger partial charge in [-0.1, -0.05) is 24.3 Å². The third-order valence-corrected chi connectivity index (χ3v) is 2.81. The lowest BCUT2D eigenvalue weighted by atomic mass is 10.0. The Labute approximate surface area is 88.7 Å². The van der Waals surface area contributed by atoms with Crippen molar-refractivity contribution >= 4 is 0 Å². The summed E-state index contributed by atoms with van der Waals surface area (Å²) in [6.45, 7) is 1.83. The molecule has 1 aliphatic rings. The molecule has 0 unspecified atom stereocenters. The first kappa shape index (κ1) is 8.68. The highest BCUT2D eigenvalue weighted by atomic mass is 15.3. The van der Waals surface area contributed by atoms with Gasteiger partial charge >= 0.3 is 0 Å². The lowest BCUT2D eigenvalue weighted by Crippen LogP contribution is -2.10. The zero-order chi connectivity index (χ0) is 10.3. The van der Waals surface area contributed by atoms with Gasteiger partial charge in [-0.3, -0.25) is 4.68 Å². The zero-order valence-corrected chi connectivity index (χ0v) is 8.70. The van der Waals surface area contributed by atoms with Gasteiger partial charge in [-0.05, 0) is 5.56 Å². The van der Waals surface area contributed by atoms with Gasteiger partial charge in [-0.25, -0.2) is 0 Å². The number of fused-ring (bicyclic) bond motifs is 3. The largest absolute Gasteiger partial charge is 0.308 e. The molecule has 0 saturated heterocycles. The minimum atomic E-state index is 0.901. The molecule has 1 N–H and O–H groups in total. The van der Waals surface area contributed by atoms with E-state index in [2.05, 4.69) is 40.9 Å². The summed E-state index contributed by atoms with van der Waals surface area (Å²) in [6.07, 6.45) is 2.09. The summed E-state index contributed by atoms with van der Waals surface area (Å²) in [5, 5.41) is 7.95. The van der Waals surface area contributed by atoms with Crippen molar-refractivity contribution < 1.29 is 0 Å². The molecule has 0 fully saturated rings. The van der Waals surface area contributed by atoms with E-state index in [-0.39, 0.29) is 0 Å². The molecular weight excluding hydrogens is 186 g/mol. The standard InChI is InChI=1S/C12H13N3/c1-15-8-10-7-13-6-9-4-2-3-5-11(9)12(10)14-15/h2-5,8,13H,6-7H2,1H3. The maximum Gasteiger partial charge on any atom is 0.0971 e. The second-order valence-corrected chi connectivity index (χ2v) is 3.94. The van der Waals surface area contributed by atoms with Crippen LogP contribution in [0.25, 0.3) is 11.3 Å². The SMILES string of the molecule is Cn1cc2c(n1)-c1ccccc1CNC2. The summed E-state index contributed by atoms with van der Waals surface area (Å²) in [5.41, 5.74) is 4.99. The van der Waals surface area contributed by atoms with E-state index < -0.39 is 0 Å². The van der Waals surface area contributed by atoms with Crippen LogP contribution in [0.1, 0.15) is 11.1 Å². The Kier molecular flexibility index (Phi) is 1.86. The van der Waals surface area contributed by atoms with Gasteiger partial charge in [-0.2, -0.15) is 5.10 Å². The highest BCUT2D eigenvalue weighted by molar-refractivity contribution is 5.67. The number of rotatable bonds is 0. The first-order chi connectivity index (χ1) is 7.34. The summed E-state index contributed by atoms with van der Waals surface area (Å²) < 4.78 is 1.88. The van der Waals surface area contributed by atoms with Crippen LogP contribution in [0.3, 0.4) is 0 Å². The molecule has 3 nitrogen and oxygen atoms in total. The molecule has 0 radical (unpaired) electrons. The fraction of sp³-hybridized carbons (Fsp3) is 0.250. The fourth-order valence-electron chi connectivity index (χ4n) is 2.13. The van der Waals surface area contributed by atoms with E-state index in [0.717, 1.165) is 18.8 Å². The van der Waals surface area contributed by atoms with Crippen molar-refractivity contribution in [1.82, 2.24) is 15.1 Å². The predicted molar refractivity (Wildman–Crippen MR) is 59.2 cm³/mol. The summed E-state index contributed by atoms with van der Waals surface area (Å²) in [6, 6.07) is 8.46. The molecule has 1 aromatic heterocycles. The minimum absolute atomic E-state index is 0.901. The van der Waals surface area contributed by atoms with Gasteiger partial charge < -0.3 is 5.32 Å². The highest BCUT2D eigenvalue weighted by Crippen LogP contribution is 2.27. The van der Waals surface area contributed by atoms with E-state index in [1.165, 1.54) is 16.7 Å². The molecule has 0 atom stereocenters. The van der Waals surface area contributed by atoms with Crippen molar-refractivity contribution in [3.05, 3.63) is 41.6 Å². The second-order valence-electron chi connectivity index (χ2n) is 3.94. The van der Waals surface area contributed by atoms with Gasteiger partial charge in [0.25, 0.3) is 0 Å². The number of benzene rings is 1. The topological polar surface area (TPSA) is 29.9 Å². The van der Waals surface area contributed by atoms with Crippen molar-refractivity contribution in [3.8, 4) is 11.3 Å². The monoisotopic (exact) mass is 199 g/mol. The lowest BCUT2D eigenvalue weighted by molar-refractivity contribution is 0.697. The molecule has 15 heavy (non-hydrogen) atoms. The quantitative estimate of drug-likeness (QED) is 0.699. The summed E-state index contributed by atoms with van der Waals surface area (Å²) >= 11 is 0. The normalized spacial score (nSPS) is 14.2. The van der Waals surface area contributed by atoms with E-state index in [4.69, 9.17) is 0 Å². The maximum absolute atomic E-state index is 4.53. The fourth-order valence-corrected chi connectivity index (χ4v) is 2.13. The van der Waals surface area contributed by atoms with Gasteiger partial charge in [0.1, 0.15) is 0 Å². The summed E-state index contributed by atoms with van der Waals surface area (Å²) in [7, 11) is 1.97. The Balaban J connectivity index is 2.26. The van der Waals surface area contributed by atoms with Crippen LogP contribution in [-0.4, -0.2) is 9.78 Å². The summed E-state index contributed by atoms with van der Waals surface area (Å²) in [5.74, 6) is 0. The average molecular weight is 199 g/mol. The lowest BCUT2D eigenvalue weighted by Gasteiger charge is -2.03. The van der Waals surface area contributed by atoms with Crippen molar-refractivity contribution in [2.24, 2.45) is 7.05 Å². The Bertz CT molecular complexity index is 499. The predicted octanol–water partition coefficient (Wildman–Crippen LogP) is 1.69. The molecule has 0 aliphatic carbocycles. The van der Waals surface area contributed by atoms with E-state index >= 15 is 0 Å². The molecule has 0 bridgehead atoms. The van der Waals surface area contributed by atoms with Gasteiger partial charge in [0.2, 0.25) is 0 Å². The van der Waals surface area contributed by atoms with Gasteiger partial charge in [-0.15, -0.1) is 0 Å². The molecule has 2 aromatic rings. The molecule has 0 saturated carbocycles. The Morgan fingerprint density at radius 2 is 2.00 bits per heavy atom. The first-order valence-electron chi connectivity index (χ1n) is 5.16. The van der Waals surface area contributed by atoms with E-state index in [0.29, 0.717) is 0 Å². The smallest absolute Gasteiger partial charge is 0.0971 e. The molecular formula is C12H13N3. The molecule has 1 aliphatic heterocycles. The van der Waals surface area contributed by atoms with Crippen LogP contribution in [0.2, 0.25) is 0 Å². The van der Waals surface area contributed by atoms with E-state index in [1.54, 1.807) is 0 Å². The number of aryl methyl sites for hydroxylation is 1. The van der Waals surface area contributed by atoms with Crippen LogP contribution in [-0.2, 0) is 20.1 Å². The molecule has 76 valence electrons. The molecule has 0 spiro atoms. The van der Waals surface area contributed by atoms with Crippen molar-refractivity contribution in [1.29, 1.82) is 0 Å². The average Bonchev–Trinajstić information content (AvgIpc) is 2.52. The van der Waals surface area contributed by atoms with Crippen LogP contribution < -0.4 is 5.32 Å².